The van der Waals surface area contributed by atoms with Gasteiger partial charge in [0, 0.05) is 6.54 Å². The van der Waals surface area contributed by atoms with Gasteiger partial charge in [0.2, 0.25) is 0 Å². The normalized spacial score (nSPS) is 11.9. The molecule has 0 aliphatic heterocycles. The van der Waals surface area contributed by atoms with Crippen molar-refractivity contribution < 1.29 is 14.6 Å². The molecule has 0 bridgehead atoms. The van der Waals surface area contributed by atoms with Crippen LogP contribution in [-0.4, -0.2) is 24.4 Å². The van der Waals surface area contributed by atoms with Gasteiger partial charge in [-0.25, -0.2) is 4.79 Å². The van der Waals surface area contributed by atoms with Crippen LogP contribution in [0, 0.1) is 0 Å². The van der Waals surface area contributed by atoms with Crippen molar-refractivity contribution in [3.63, 3.8) is 0 Å². The van der Waals surface area contributed by atoms with Gasteiger partial charge in [-0.3, -0.25) is 0 Å². The van der Waals surface area contributed by atoms with Crippen LogP contribution in [0.4, 0.5) is 4.79 Å². The summed E-state index contributed by atoms with van der Waals surface area (Å²) in [4.78, 5) is 10.7. The zero-order valence-electron chi connectivity index (χ0n) is 10.6. The summed E-state index contributed by atoms with van der Waals surface area (Å²) in [5, 5.41) is 11.3. The van der Waals surface area contributed by atoms with E-state index >= 15 is 0 Å². The number of carbonyl (C=O) groups is 1. The van der Waals surface area contributed by atoms with E-state index in [0.717, 1.165) is 24.2 Å². The van der Waals surface area contributed by atoms with E-state index < -0.39 is 6.09 Å². The number of ether oxygens (including phenoxy) is 1. The van der Waals surface area contributed by atoms with Gasteiger partial charge in [-0.1, -0.05) is 25.5 Å². The molecule has 1 rings (SSSR count). The Balaban J connectivity index is 2.70. The van der Waals surface area contributed by atoms with Crippen molar-refractivity contribution in [2.75, 3.05) is 13.2 Å². The van der Waals surface area contributed by atoms with Gasteiger partial charge in [-0.05, 0) is 24.1 Å². The fourth-order valence-electron chi connectivity index (χ4n) is 1.73. The second kappa shape index (κ2) is 7.55. The number of amides is 1. The van der Waals surface area contributed by atoms with Crippen LogP contribution in [-0.2, 0) is 0 Å². The van der Waals surface area contributed by atoms with Gasteiger partial charge in [0.25, 0.3) is 0 Å². The number of benzene rings is 1. The molecule has 100 valence electrons. The second-order valence-electron chi connectivity index (χ2n) is 4.00. The summed E-state index contributed by atoms with van der Waals surface area (Å²) in [5.41, 5.74) is 6.29. The minimum absolute atomic E-state index is 0.170. The summed E-state index contributed by atoms with van der Waals surface area (Å²) in [6.07, 6.45) is 0.683. The number of carboxylic acid groups (broad SMARTS) is 1. The predicted molar refractivity (Wildman–Crippen MR) is 69.8 cm³/mol. The molecule has 0 aliphatic carbocycles. The van der Waals surface area contributed by atoms with E-state index in [0.29, 0.717) is 13.2 Å². The SMILES string of the molecule is CCCC(NC(=O)O)c1ccc(OCCN)cc1. The van der Waals surface area contributed by atoms with Crippen molar-refractivity contribution >= 4 is 6.09 Å². The standard InChI is InChI=1S/C13H20N2O3/c1-2-3-12(15-13(16)17)10-4-6-11(7-5-10)18-9-8-14/h4-7,12,15H,2-3,8-9,14H2,1H3,(H,16,17). The van der Waals surface area contributed by atoms with E-state index in [4.69, 9.17) is 15.6 Å². The molecule has 4 N–H and O–H groups in total. The highest BCUT2D eigenvalue weighted by Crippen LogP contribution is 2.21. The van der Waals surface area contributed by atoms with Crippen molar-refractivity contribution in [1.82, 2.24) is 5.32 Å². The molecular weight excluding hydrogens is 232 g/mol. The molecule has 18 heavy (non-hydrogen) atoms. The maximum atomic E-state index is 10.7. The molecule has 0 saturated heterocycles. The van der Waals surface area contributed by atoms with Crippen molar-refractivity contribution in [1.29, 1.82) is 0 Å². The Morgan fingerprint density at radius 3 is 2.61 bits per heavy atom. The lowest BCUT2D eigenvalue weighted by Crippen LogP contribution is -2.26. The van der Waals surface area contributed by atoms with Crippen molar-refractivity contribution in [3.05, 3.63) is 29.8 Å². The highest BCUT2D eigenvalue weighted by Gasteiger charge is 2.12. The Morgan fingerprint density at radius 1 is 1.44 bits per heavy atom. The van der Waals surface area contributed by atoms with Crippen LogP contribution in [0.25, 0.3) is 0 Å². The highest BCUT2D eigenvalue weighted by atomic mass is 16.5. The smallest absolute Gasteiger partial charge is 0.405 e. The van der Waals surface area contributed by atoms with Gasteiger partial charge in [-0.2, -0.15) is 0 Å². The molecule has 1 atom stereocenters. The monoisotopic (exact) mass is 252 g/mol. The van der Waals surface area contributed by atoms with Crippen molar-refractivity contribution in [2.24, 2.45) is 5.73 Å². The summed E-state index contributed by atoms with van der Waals surface area (Å²) >= 11 is 0. The molecule has 0 aromatic heterocycles. The Kier molecular flexibility index (Phi) is 6.00. The lowest BCUT2D eigenvalue weighted by Gasteiger charge is -2.17. The molecule has 0 fully saturated rings. The van der Waals surface area contributed by atoms with E-state index in [2.05, 4.69) is 5.32 Å². The molecule has 0 heterocycles. The number of hydrogen-bond acceptors (Lipinski definition) is 3. The van der Waals surface area contributed by atoms with Crippen LogP contribution in [0.1, 0.15) is 31.4 Å². The molecule has 1 aromatic carbocycles. The highest BCUT2D eigenvalue weighted by molar-refractivity contribution is 5.65. The minimum atomic E-state index is -1.00. The Morgan fingerprint density at radius 2 is 2.11 bits per heavy atom. The van der Waals surface area contributed by atoms with Crippen molar-refractivity contribution in [2.45, 2.75) is 25.8 Å². The average molecular weight is 252 g/mol. The van der Waals surface area contributed by atoms with Gasteiger partial charge in [-0.15, -0.1) is 0 Å². The predicted octanol–water partition coefficient (Wildman–Crippen LogP) is 2.13. The van der Waals surface area contributed by atoms with Gasteiger partial charge >= 0.3 is 6.09 Å². The topological polar surface area (TPSA) is 84.6 Å². The number of nitrogens with two attached hydrogens (primary N) is 1. The minimum Gasteiger partial charge on any atom is -0.492 e. The Labute approximate surface area is 107 Å². The fourth-order valence-corrected chi connectivity index (χ4v) is 1.73. The fraction of sp³-hybridized carbons (Fsp3) is 0.462. The lowest BCUT2D eigenvalue weighted by molar-refractivity contribution is 0.189. The molecule has 0 spiro atoms. The second-order valence-corrected chi connectivity index (χ2v) is 4.00. The molecule has 1 aromatic rings. The number of nitrogens with one attached hydrogen (secondary N) is 1. The van der Waals surface area contributed by atoms with Crippen molar-refractivity contribution in [3.8, 4) is 5.75 Å². The molecule has 0 aliphatic rings. The molecule has 5 heteroatoms. The molecule has 0 radical (unpaired) electrons. The summed E-state index contributed by atoms with van der Waals surface area (Å²) in [6.45, 7) is 2.97. The van der Waals surface area contributed by atoms with E-state index in [1.54, 1.807) is 0 Å². The quantitative estimate of drug-likeness (QED) is 0.694. The first kappa shape index (κ1) is 14.3. The molecule has 1 amide bonds. The van der Waals surface area contributed by atoms with Gasteiger partial charge in [0.05, 0.1) is 6.04 Å². The van der Waals surface area contributed by atoms with Crippen LogP contribution in [0.15, 0.2) is 24.3 Å². The Hall–Kier alpha value is -1.75. The van der Waals surface area contributed by atoms with Gasteiger partial charge in [0.15, 0.2) is 0 Å². The summed E-state index contributed by atoms with van der Waals surface area (Å²) in [6, 6.07) is 7.24. The van der Waals surface area contributed by atoms with E-state index in [1.807, 2.05) is 31.2 Å². The summed E-state index contributed by atoms with van der Waals surface area (Å²) in [5.74, 6) is 0.745. The lowest BCUT2D eigenvalue weighted by atomic mass is 10.0. The number of hydrogen-bond donors (Lipinski definition) is 3. The maximum Gasteiger partial charge on any atom is 0.405 e. The first-order valence-corrected chi connectivity index (χ1v) is 6.09. The van der Waals surface area contributed by atoms with Gasteiger partial charge < -0.3 is 20.9 Å². The van der Waals surface area contributed by atoms with Crippen LogP contribution in [0.2, 0.25) is 0 Å². The molecular formula is C13H20N2O3. The van der Waals surface area contributed by atoms with Crippen LogP contribution >= 0.6 is 0 Å². The van der Waals surface area contributed by atoms with Crippen LogP contribution < -0.4 is 15.8 Å². The average Bonchev–Trinajstić information content (AvgIpc) is 2.36. The molecule has 1 unspecified atom stereocenters. The largest absolute Gasteiger partial charge is 0.492 e. The zero-order valence-corrected chi connectivity index (χ0v) is 10.6. The maximum absolute atomic E-state index is 10.7. The van der Waals surface area contributed by atoms with Gasteiger partial charge in [0.1, 0.15) is 12.4 Å². The first-order valence-electron chi connectivity index (χ1n) is 6.09. The van der Waals surface area contributed by atoms with E-state index in [-0.39, 0.29) is 6.04 Å². The third-order valence-electron chi connectivity index (χ3n) is 2.54. The Bertz CT molecular complexity index is 365. The van der Waals surface area contributed by atoms with E-state index in [9.17, 15) is 4.79 Å². The third kappa shape index (κ3) is 4.63. The summed E-state index contributed by atoms with van der Waals surface area (Å²) in [7, 11) is 0. The zero-order chi connectivity index (χ0) is 13.4. The number of rotatable bonds is 7. The third-order valence-corrected chi connectivity index (χ3v) is 2.54. The summed E-state index contributed by atoms with van der Waals surface area (Å²) < 4.78 is 5.37. The first-order chi connectivity index (χ1) is 8.67. The molecule has 0 saturated carbocycles. The molecule has 5 nitrogen and oxygen atoms in total. The van der Waals surface area contributed by atoms with E-state index in [1.165, 1.54) is 0 Å². The van der Waals surface area contributed by atoms with Crippen LogP contribution in [0.3, 0.4) is 0 Å². The van der Waals surface area contributed by atoms with Crippen LogP contribution in [0.5, 0.6) is 5.75 Å².